The summed E-state index contributed by atoms with van der Waals surface area (Å²) in [5.41, 5.74) is 13.3. The highest BCUT2D eigenvalue weighted by Gasteiger charge is 2.39. The molecule has 8 nitrogen and oxygen atoms in total. The van der Waals surface area contributed by atoms with E-state index in [4.69, 9.17) is 10.5 Å². The fourth-order valence-corrected chi connectivity index (χ4v) is 5.21. The van der Waals surface area contributed by atoms with E-state index < -0.39 is 5.91 Å². The summed E-state index contributed by atoms with van der Waals surface area (Å²) in [5, 5.41) is 8.50. The molecule has 2 amide bonds. The quantitative estimate of drug-likeness (QED) is 0.342. The number of hydrogen-bond donors (Lipinski definition) is 4. The first kappa shape index (κ1) is 25.4. The molecule has 0 spiro atoms. The maximum atomic E-state index is 12.8. The van der Waals surface area contributed by atoms with Crippen molar-refractivity contribution in [3.8, 4) is 5.75 Å². The normalized spacial score (nSPS) is 17.5. The van der Waals surface area contributed by atoms with Gasteiger partial charge in [0, 0.05) is 18.3 Å². The molecule has 196 valence electrons. The molecule has 3 aromatic rings. The van der Waals surface area contributed by atoms with Gasteiger partial charge in [0.05, 0.1) is 24.3 Å². The van der Waals surface area contributed by atoms with E-state index in [0.717, 1.165) is 42.5 Å². The van der Waals surface area contributed by atoms with Crippen molar-refractivity contribution in [3.63, 3.8) is 0 Å². The zero-order chi connectivity index (χ0) is 26.5. The summed E-state index contributed by atoms with van der Waals surface area (Å²) in [4.78, 5) is 25.4. The van der Waals surface area contributed by atoms with E-state index in [9.17, 15) is 9.59 Å². The number of nitrogens with one attached hydrogen (secondary N) is 3. The minimum Gasteiger partial charge on any atom is -0.496 e. The number of hydrazine groups is 1. The van der Waals surface area contributed by atoms with Crippen LogP contribution in [0.15, 0.2) is 90.3 Å². The van der Waals surface area contributed by atoms with Crippen molar-refractivity contribution >= 4 is 17.5 Å². The van der Waals surface area contributed by atoms with Crippen LogP contribution >= 0.6 is 0 Å². The van der Waals surface area contributed by atoms with Crippen LogP contribution in [0.3, 0.4) is 0 Å². The molecule has 1 heterocycles. The van der Waals surface area contributed by atoms with Crippen LogP contribution in [0.4, 0.5) is 5.69 Å². The second-order valence-corrected chi connectivity index (χ2v) is 9.61. The van der Waals surface area contributed by atoms with Gasteiger partial charge >= 0.3 is 0 Å². The maximum absolute atomic E-state index is 12.8. The topological polar surface area (TPSA) is 109 Å². The van der Waals surface area contributed by atoms with Gasteiger partial charge < -0.3 is 21.1 Å². The fraction of sp³-hybridized carbons (Fsp3) is 0.267. The minimum absolute atomic E-state index is 0.202. The smallest absolute Gasteiger partial charge is 0.255 e. The van der Waals surface area contributed by atoms with Crippen LogP contribution in [-0.4, -0.2) is 30.0 Å². The molecule has 1 atom stereocenters. The number of benzene rings is 3. The monoisotopic (exact) mass is 511 g/mol. The number of carbonyl (C=O) groups excluding carboxylic acids is 2. The number of rotatable bonds is 9. The molecular formula is C30H33N5O3. The molecule has 5 rings (SSSR count). The molecular weight excluding hydrogens is 478 g/mol. The summed E-state index contributed by atoms with van der Waals surface area (Å²) in [7, 11) is 1.55. The van der Waals surface area contributed by atoms with Crippen molar-refractivity contribution in [3.05, 3.63) is 107 Å². The summed E-state index contributed by atoms with van der Waals surface area (Å²) >= 11 is 0. The molecule has 0 saturated heterocycles. The van der Waals surface area contributed by atoms with Crippen molar-refractivity contribution in [2.75, 3.05) is 12.4 Å². The van der Waals surface area contributed by atoms with Crippen LogP contribution in [0, 0.1) is 0 Å². The Labute approximate surface area is 222 Å². The number of amides is 2. The molecule has 2 aliphatic rings. The standard InChI is InChI=1S/C30H33N5O3/c1-38-25-14-8-7-13-24(25)30(37)32-19-20-15-17-21(18-16-20)27-26(28(31)36)29(33-22-9-3-2-4-10-22)35(34-27)23-11-5-6-12-23/h2-4,7-10,13-18,23,27,33-34H,5-6,11-12,19H2,1H3,(H2,31,36)(H,32,37). The number of anilines is 1. The van der Waals surface area contributed by atoms with Gasteiger partial charge in [0.1, 0.15) is 11.6 Å². The first-order valence-corrected chi connectivity index (χ1v) is 13.0. The molecule has 0 aromatic heterocycles. The Kier molecular flexibility index (Phi) is 7.60. The molecule has 1 fully saturated rings. The molecule has 1 aliphatic carbocycles. The summed E-state index contributed by atoms with van der Waals surface area (Å²) in [6, 6.07) is 24.7. The highest BCUT2D eigenvalue weighted by Crippen LogP contribution is 2.37. The van der Waals surface area contributed by atoms with Crippen LogP contribution in [0.1, 0.15) is 53.2 Å². The lowest BCUT2D eigenvalue weighted by Crippen LogP contribution is -2.42. The Morgan fingerprint density at radius 3 is 2.34 bits per heavy atom. The van der Waals surface area contributed by atoms with Crippen molar-refractivity contribution in [1.29, 1.82) is 0 Å². The minimum atomic E-state index is -0.463. The second kappa shape index (κ2) is 11.4. The van der Waals surface area contributed by atoms with Gasteiger partial charge in [0.15, 0.2) is 0 Å². The van der Waals surface area contributed by atoms with E-state index in [2.05, 4.69) is 21.1 Å². The molecule has 0 radical (unpaired) electrons. The number of primary amides is 1. The van der Waals surface area contributed by atoms with Crippen molar-refractivity contribution in [2.45, 2.75) is 44.3 Å². The number of hydrogen-bond acceptors (Lipinski definition) is 6. The van der Waals surface area contributed by atoms with E-state index in [1.165, 1.54) is 0 Å². The first-order valence-electron chi connectivity index (χ1n) is 13.0. The highest BCUT2D eigenvalue weighted by atomic mass is 16.5. The van der Waals surface area contributed by atoms with Gasteiger partial charge in [0.2, 0.25) is 5.91 Å². The number of nitrogens with zero attached hydrogens (tertiary/aromatic N) is 1. The molecule has 8 heteroatoms. The van der Waals surface area contributed by atoms with E-state index in [0.29, 0.717) is 29.3 Å². The maximum Gasteiger partial charge on any atom is 0.255 e. The summed E-state index contributed by atoms with van der Waals surface area (Å²) in [5.74, 6) is 0.584. The van der Waals surface area contributed by atoms with Gasteiger partial charge in [-0.25, -0.2) is 5.43 Å². The summed E-state index contributed by atoms with van der Waals surface area (Å²) in [6.07, 6.45) is 4.42. The SMILES string of the molecule is COc1ccccc1C(=O)NCc1ccc(C2NN(C3CCCC3)C(Nc3ccccc3)=C2C(N)=O)cc1. The lowest BCUT2D eigenvalue weighted by Gasteiger charge is -2.30. The molecule has 3 aromatic carbocycles. The average molecular weight is 512 g/mol. The van der Waals surface area contributed by atoms with Gasteiger partial charge in [-0.15, -0.1) is 0 Å². The molecule has 1 unspecified atom stereocenters. The Hall–Kier alpha value is -4.30. The number of para-hydroxylation sites is 2. The van der Waals surface area contributed by atoms with E-state index in [1.807, 2.05) is 60.7 Å². The predicted molar refractivity (Wildman–Crippen MR) is 147 cm³/mol. The Bertz CT molecular complexity index is 1320. The van der Waals surface area contributed by atoms with Gasteiger partial charge in [-0.2, -0.15) is 0 Å². The third-order valence-corrected chi connectivity index (χ3v) is 7.16. The van der Waals surface area contributed by atoms with Crippen LogP contribution < -0.4 is 26.5 Å². The predicted octanol–water partition coefficient (Wildman–Crippen LogP) is 4.24. The van der Waals surface area contributed by atoms with Gasteiger partial charge in [0.25, 0.3) is 5.91 Å². The Morgan fingerprint density at radius 1 is 0.974 bits per heavy atom. The van der Waals surface area contributed by atoms with Crippen LogP contribution in [-0.2, 0) is 11.3 Å². The largest absolute Gasteiger partial charge is 0.496 e. The van der Waals surface area contributed by atoms with E-state index in [1.54, 1.807) is 25.3 Å². The number of ether oxygens (including phenoxy) is 1. The summed E-state index contributed by atoms with van der Waals surface area (Å²) in [6.45, 7) is 0.364. The Balaban J connectivity index is 1.36. The molecule has 0 bridgehead atoms. The van der Waals surface area contributed by atoms with Gasteiger partial charge in [-0.1, -0.05) is 67.4 Å². The fourth-order valence-electron chi connectivity index (χ4n) is 5.21. The lowest BCUT2D eigenvalue weighted by atomic mass is 9.98. The number of nitrogens with two attached hydrogens (primary N) is 1. The number of methoxy groups -OCH3 is 1. The Morgan fingerprint density at radius 2 is 1.66 bits per heavy atom. The second-order valence-electron chi connectivity index (χ2n) is 9.61. The molecule has 5 N–H and O–H groups in total. The third-order valence-electron chi connectivity index (χ3n) is 7.16. The van der Waals surface area contributed by atoms with Gasteiger partial charge in [-0.05, 0) is 48.2 Å². The van der Waals surface area contributed by atoms with Crippen molar-refractivity contribution in [2.24, 2.45) is 5.73 Å². The van der Waals surface area contributed by atoms with Crippen LogP contribution in [0.2, 0.25) is 0 Å². The first-order chi connectivity index (χ1) is 18.5. The molecule has 1 aliphatic heterocycles. The molecule has 1 saturated carbocycles. The van der Waals surface area contributed by atoms with Crippen molar-refractivity contribution in [1.82, 2.24) is 15.8 Å². The zero-order valence-corrected chi connectivity index (χ0v) is 21.4. The zero-order valence-electron chi connectivity index (χ0n) is 21.4. The average Bonchev–Trinajstić information content (AvgIpc) is 3.61. The summed E-state index contributed by atoms with van der Waals surface area (Å²) < 4.78 is 5.29. The third kappa shape index (κ3) is 5.35. The van der Waals surface area contributed by atoms with Crippen molar-refractivity contribution < 1.29 is 14.3 Å². The van der Waals surface area contributed by atoms with E-state index >= 15 is 0 Å². The number of carbonyl (C=O) groups is 2. The van der Waals surface area contributed by atoms with Crippen LogP contribution in [0.25, 0.3) is 0 Å². The van der Waals surface area contributed by atoms with Gasteiger partial charge in [-0.3, -0.25) is 14.6 Å². The molecule has 38 heavy (non-hydrogen) atoms. The van der Waals surface area contributed by atoms with E-state index in [-0.39, 0.29) is 18.0 Å². The highest BCUT2D eigenvalue weighted by molar-refractivity contribution is 5.97. The lowest BCUT2D eigenvalue weighted by molar-refractivity contribution is -0.114. The van der Waals surface area contributed by atoms with Crippen LogP contribution in [0.5, 0.6) is 5.75 Å².